The standard InChI is InChI=1S/C21H44O4S.Na/c1-2-3-4-5-6-7-8-9-10-11-12-13-14-15-16-18-21(22)19-17-20-26(23,24)25;/h21-22H,2-20H2,1H3,(H,23,24,25);/q;+1/p-1. The Bertz CT molecular complexity index is 388. The third-order valence-electron chi connectivity index (χ3n) is 5.07. The van der Waals surface area contributed by atoms with Crippen LogP contribution in [-0.4, -0.2) is 29.9 Å². The van der Waals surface area contributed by atoms with Crippen LogP contribution >= 0.6 is 0 Å². The first-order valence-electron chi connectivity index (χ1n) is 11.1. The molecule has 27 heavy (non-hydrogen) atoms. The van der Waals surface area contributed by atoms with Gasteiger partial charge < -0.3 is 9.66 Å². The van der Waals surface area contributed by atoms with Gasteiger partial charge in [0, 0.05) is 5.75 Å². The summed E-state index contributed by atoms with van der Waals surface area (Å²) < 4.78 is 31.4. The van der Waals surface area contributed by atoms with Crippen molar-refractivity contribution in [2.45, 2.75) is 129 Å². The number of hydrogen-bond acceptors (Lipinski definition) is 4. The third-order valence-corrected chi connectivity index (χ3v) is 5.86. The van der Waals surface area contributed by atoms with Gasteiger partial charge in [-0.1, -0.05) is 103 Å². The van der Waals surface area contributed by atoms with Gasteiger partial charge in [-0.3, -0.25) is 0 Å². The molecule has 0 heterocycles. The van der Waals surface area contributed by atoms with Crippen LogP contribution in [0.4, 0.5) is 0 Å². The van der Waals surface area contributed by atoms with Crippen molar-refractivity contribution in [3.8, 4) is 0 Å². The zero-order chi connectivity index (χ0) is 19.5. The number of rotatable bonds is 20. The summed E-state index contributed by atoms with van der Waals surface area (Å²) in [5, 5.41) is 9.75. The van der Waals surface area contributed by atoms with Crippen LogP contribution in [0.15, 0.2) is 0 Å². The molecule has 0 radical (unpaired) electrons. The van der Waals surface area contributed by atoms with Crippen molar-refractivity contribution in [3.63, 3.8) is 0 Å². The molecule has 0 saturated heterocycles. The van der Waals surface area contributed by atoms with E-state index >= 15 is 0 Å². The van der Waals surface area contributed by atoms with Crippen molar-refractivity contribution >= 4 is 10.1 Å². The molecule has 6 heteroatoms. The number of hydrogen-bond donors (Lipinski definition) is 1. The zero-order valence-corrected chi connectivity index (χ0v) is 20.9. The molecule has 0 aliphatic heterocycles. The van der Waals surface area contributed by atoms with E-state index in [1.54, 1.807) is 0 Å². The normalized spacial score (nSPS) is 12.7. The molecular weight excluding hydrogens is 371 g/mol. The molecule has 0 aromatic carbocycles. The molecular formula is C21H43NaO4S. The van der Waals surface area contributed by atoms with Gasteiger partial charge in [0.1, 0.15) is 0 Å². The van der Waals surface area contributed by atoms with Gasteiger partial charge in [0.25, 0.3) is 0 Å². The van der Waals surface area contributed by atoms with Crippen molar-refractivity contribution < 1.29 is 47.6 Å². The van der Waals surface area contributed by atoms with E-state index in [9.17, 15) is 18.1 Å². The molecule has 4 nitrogen and oxygen atoms in total. The largest absolute Gasteiger partial charge is 1.00 e. The third kappa shape index (κ3) is 26.9. The van der Waals surface area contributed by atoms with Gasteiger partial charge in [0.15, 0.2) is 0 Å². The molecule has 0 spiro atoms. The van der Waals surface area contributed by atoms with Crippen molar-refractivity contribution in [2.24, 2.45) is 0 Å². The van der Waals surface area contributed by atoms with Crippen LogP contribution in [0, 0.1) is 0 Å². The van der Waals surface area contributed by atoms with Gasteiger partial charge in [-0.25, -0.2) is 8.42 Å². The zero-order valence-electron chi connectivity index (χ0n) is 18.1. The van der Waals surface area contributed by atoms with E-state index in [1.807, 2.05) is 0 Å². The maximum Gasteiger partial charge on any atom is 1.00 e. The fraction of sp³-hybridized carbons (Fsp3) is 1.00. The summed E-state index contributed by atoms with van der Waals surface area (Å²) >= 11 is 0. The summed E-state index contributed by atoms with van der Waals surface area (Å²) in [6, 6.07) is 0. The molecule has 0 aliphatic rings. The second-order valence-electron chi connectivity index (χ2n) is 7.80. The predicted molar refractivity (Wildman–Crippen MR) is 109 cm³/mol. The van der Waals surface area contributed by atoms with Gasteiger partial charge in [0.05, 0.1) is 16.2 Å². The van der Waals surface area contributed by atoms with E-state index in [0.717, 1.165) is 19.3 Å². The summed E-state index contributed by atoms with van der Waals surface area (Å²) in [5.74, 6) is -0.358. The Balaban J connectivity index is 0. The van der Waals surface area contributed by atoms with E-state index in [4.69, 9.17) is 0 Å². The molecule has 0 amide bonds. The second kappa shape index (κ2) is 21.6. The fourth-order valence-electron chi connectivity index (χ4n) is 3.39. The smallest absolute Gasteiger partial charge is 0.748 e. The van der Waals surface area contributed by atoms with Crippen molar-refractivity contribution in [1.82, 2.24) is 0 Å². The van der Waals surface area contributed by atoms with Crippen molar-refractivity contribution in [2.75, 3.05) is 5.75 Å². The van der Waals surface area contributed by atoms with Gasteiger partial charge >= 0.3 is 29.6 Å². The van der Waals surface area contributed by atoms with E-state index in [0.29, 0.717) is 6.42 Å². The van der Waals surface area contributed by atoms with Crippen LogP contribution in [0.25, 0.3) is 0 Å². The maximum atomic E-state index is 10.5. The molecule has 0 fully saturated rings. The van der Waals surface area contributed by atoms with E-state index in [1.165, 1.54) is 83.5 Å². The van der Waals surface area contributed by atoms with E-state index in [-0.39, 0.29) is 41.7 Å². The monoisotopic (exact) mass is 414 g/mol. The summed E-state index contributed by atoms with van der Waals surface area (Å²) in [6.07, 6.45) is 20.8. The Labute approximate surface area is 191 Å². The summed E-state index contributed by atoms with van der Waals surface area (Å²) in [7, 11) is -4.13. The van der Waals surface area contributed by atoms with Crippen LogP contribution in [-0.2, 0) is 10.1 Å². The Kier molecular flexibility index (Phi) is 24.0. The average molecular weight is 415 g/mol. The number of aliphatic hydroxyl groups is 1. The molecule has 1 atom stereocenters. The first-order valence-corrected chi connectivity index (χ1v) is 12.6. The first kappa shape index (κ1) is 30.1. The molecule has 0 rings (SSSR count). The first-order chi connectivity index (χ1) is 12.5. The van der Waals surface area contributed by atoms with Crippen LogP contribution in [0.5, 0.6) is 0 Å². The molecule has 0 aliphatic carbocycles. The van der Waals surface area contributed by atoms with Crippen LogP contribution in [0.3, 0.4) is 0 Å². The van der Waals surface area contributed by atoms with Gasteiger partial charge in [-0.05, 0) is 19.3 Å². The minimum atomic E-state index is -4.13. The maximum absolute atomic E-state index is 10.5. The molecule has 1 N–H and O–H groups in total. The molecule has 158 valence electrons. The van der Waals surface area contributed by atoms with Crippen LogP contribution in [0.1, 0.15) is 122 Å². The predicted octanol–water partition coefficient (Wildman–Crippen LogP) is 2.94. The van der Waals surface area contributed by atoms with Gasteiger partial charge in [-0.15, -0.1) is 0 Å². The quantitative estimate of drug-likeness (QED) is 0.189. The minimum absolute atomic E-state index is 0. The second-order valence-corrected chi connectivity index (χ2v) is 9.32. The molecule has 1 unspecified atom stereocenters. The van der Waals surface area contributed by atoms with Crippen molar-refractivity contribution in [3.05, 3.63) is 0 Å². The fourth-order valence-corrected chi connectivity index (χ4v) is 3.91. The van der Waals surface area contributed by atoms with Gasteiger partial charge in [-0.2, -0.15) is 0 Å². The summed E-state index contributed by atoms with van der Waals surface area (Å²) in [4.78, 5) is 0. The van der Waals surface area contributed by atoms with E-state index < -0.39 is 16.2 Å². The Hall–Kier alpha value is 0.870. The Morgan fingerprint density at radius 1 is 0.667 bits per heavy atom. The van der Waals surface area contributed by atoms with Crippen molar-refractivity contribution in [1.29, 1.82) is 0 Å². The summed E-state index contributed by atoms with van der Waals surface area (Å²) in [6.45, 7) is 2.26. The summed E-state index contributed by atoms with van der Waals surface area (Å²) in [5.41, 5.74) is 0. The van der Waals surface area contributed by atoms with Crippen LogP contribution < -0.4 is 29.6 Å². The number of aliphatic hydroxyl groups excluding tert-OH is 1. The Morgan fingerprint density at radius 2 is 1.00 bits per heavy atom. The molecule has 0 saturated carbocycles. The molecule has 0 bridgehead atoms. The SMILES string of the molecule is CCCCCCCCCCCCCCCCCC(O)CCCS(=O)(=O)[O-].[Na+]. The van der Waals surface area contributed by atoms with E-state index in [2.05, 4.69) is 6.92 Å². The minimum Gasteiger partial charge on any atom is -0.748 e. The van der Waals surface area contributed by atoms with Gasteiger partial charge in [0.2, 0.25) is 0 Å². The van der Waals surface area contributed by atoms with Crippen LogP contribution in [0.2, 0.25) is 0 Å². The average Bonchev–Trinajstić information content (AvgIpc) is 2.57. The molecule has 0 aromatic rings. The number of unbranched alkanes of at least 4 members (excludes halogenated alkanes) is 14. The topological polar surface area (TPSA) is 77.4 Å². The Morgan fingerprint density at radius 3 is 1.37 bits per heavy atom. The molecule has 0 aromatic heterocycles.